The molecule has 0 unspecified atom stereocenters. The van der Waals surface area contributed by atoms with Crippen LogP contribution in [0.1, 0.15) is 23.0 Å². The van der Waals surface area contributed by atoms with Gasteiger partial charge in [0.25, 0.3) is 0 Å². The molecular formula is C13H14O4S. The molecule has 4 nitrogen and oxygen atoms in total. The molecule has 1 aromatic carbocycles. The number of aromatic carboxylic acids is 1. The number of carboxylic acids is 1. The molecule has 0 aliphatic carbocycles. The third-order valence-corrected chi connectivity index (χ3v) is 3.56. The molecule has 0 amide bonds. The number of carboxylic acid groups (broad SMARTS) is 1. The molecule has 0 bridgehead atoms. The zero-order valence-corrected chi connectivity index (χ0v) is 11.0. The van der Waals surface area contributed by atoms with Crippen molar-refractivity contribution in [2.45, 2.75) is 13.3 Å². The molecule has 5 heteroatoms. The van der Waals surface area contributed by atoms with Crippen molar-refractivity contribution in [3.05, 3.63) is 23.1 Å². The fourth-order valence-corrected chi connectivity index (χ4v) is 2.55. The van der Waals surface area contributed by atoms with Crippen LogP contribution in [0.5, 0.6) is 11.5 Å². The highest BCUT2D eigenvalue weighted by Gasteiger charge is 2.12. The number of thiophene rings is 1. The molecule has 0 saturated heterocycles. The summed E-state index contributed by atoms with van der Waals surface area (Å²) in [4.78, 5) is 11.2. The first-order valence-electron chi connectivity index (χ1n) is 5.63. The molecule has 0 radical (unpaired) electrons. The van der Waals surface area contributed by atoms with Crippen molar-refractivity contribution in [3.63, 3.8) is 0 Å². The number of rotatable bonds is 5. The number of methoxy groups -OCH3 is 1. The Bertz CT molecular complexity index is 574. The predicted molar refractivity (Wildman–Crippen MR) is 71.1 cm³/mol. The molecule has 2 rings (SSSR count). The molecule has 18 heavy (non-hydrogen) atoms. The fraction of sp³-hybridized carbons (Fsp3) is 0.308. The highest BCUT2D eigenvalue weighted by atomic mass is 32.1. The number of hydrogen-bond donors (Lipinski definition) is 1. The second-order valence-electron chi connectivity index (χ2n) is 3.81. The lowest BCUT2D eigenvalue weighted by molar-refractivity contribution is 0.0702. The van der Waals surface area contributed by atoms with Gasteiger partial charge in [0.15, 0.2) is 11.5 Å². The Kier molecular flexibility index (Phi) is 3.72. The van der Waals surface area contributed by atoms with Gasteiger partial charge in [-0.1, -0.05) is 6.92 Å². The Morgan fingerprint density at radius 1 is 1.33 bits per heavy atom. The zero-order chi connectivity index (χ0) is 13.1. The average Bonchev–Trinajstić information content (AvgIpc) is 2.77. The van der Waals surface area contributed by atoms with Gasteiger partial charge < -0.3 is 14.6 Å². The minimum Gasteiger partial charge on any atom is -0.493 e. The predicted octanol–water partition coefficient (Wildman–Crippen LogP) is 3.40. The summed E-state index contributed by atoms with van der Waals surface area (Å²) in [7, 11) is 1.58. The molecule has 0 aliphatic heterocycles. The van der Waals surface area contributed by atoms with Crippen molar-refractivity contribution in [3.8, 4) is 11.5 Å². The summed E-state index contributed by atoms with van der Waals surface area (Å²) in [5.41, 5.74) is 0. The van der Waals surface area contributed by atoms with E-state index in [1.165, 1.54) is 11.3 Å². The van der Waals surface area contributed by atoms with E-state index in [9.17, 15) is 4.79 Å². The summed E-state index contributed by atoms with van der Waals surface area (Å²) in [6.45, 7) is 2.63. The maximum Gasteiger partial charge on any atom is 0.345 e. The topological polar surface area (TPSA) is 55.8 Å². The van der Waals surface area contributed by atoms with Crippen molar-refractivity contribution in [2.24, 2.45) is 0 Å². The molecule has 96 valence electrons. The van der Waals surface area contributed by atoms with Crippen LogP contribution in [0.4, 0.5) is 0 Å². The molecular weight excluding hydrogens is 252 g/mol. The van der Waals surface area contributed by atoms with E-state index in [1.54, 1.807) is 13.2 Å². The van der Waals surface area contributed by atoms with Crippen molar-refractivity contribution in [1.29, 1.82) is 0 Å². The minimum atomic E-state index is -0.911. The van der Waals surface area contributed by atoms with E-state index in [1.807, 2.05) is 19.1 Å². The highest BCUT2D eigenvalue weighted by Crippen LogP contribution is 2.36. The number of carbonyl (C=O) groups is 1. The Hall–Kier alpha value is -1.75. The van der Waals surface area contributed by atoms with Crippen molar-refractivity contribution in [2.75, 3.05) is 13.7 Å². The smallest absolute Gasteiger partial charge is 0.345 e. The molecule has 0 spiro atoms. The van der Waals surface area contributed by atoms with Crippen LogP contribution in [0.25, 0.3) is 10.1 Å². The normalized spacial score (nSPS) is 10.6. The quantitative estimate of drug-likeness (QED) is 0.901. The van der Waals surface area contributed by atoms with Gasteiger partial charge in [-0.15, -0.1) is 11.3 Å². The van der Waals surface area contributed by atoms with E-state index >= 15 is 0 Å². The fourth-order valence-electron chi connectivity index (χ4n) is 1.64. The third kappa shape index (κ3) is 2.41. The number of hydrogen-bond acceptors (Lipinski definition) is 4. The molecule has 0 atom stereocenters. The molecule has 1 aromatic heterocycles. The summed E-state index contributed by atoms with van der Waals surface area (Å²) in [6, 6.07) is 5.30. The van der Waals surface area contributed by atoms with Gasteiger partial charge in [0.1, 0.15) is 4.88 Å². The Morgan fingerprint density at radius 3 is 2.72 bits per heavy atom. The van der Waals surface area contributed by atoms with E-state index in [0.717, 1.165) is 16.5 Å². The molecule has 1 N–H and O–H groups in total. The number of ether oxygens (including phenoxy) is 2. The van der Waals surface area contributed by atoms with Crippen LogP contribution < -0.4 is 9.47 Å². The van der Waals surface area contributed by atoms with E-state index in [0.29, 0.717) is 23.0 Å². The Morgan fingerprint density at radius 2 is 2.11 bits per heavy atom. The van der Waals surface area contributed by atoms with Crippen LogP contribution in [0, 0.1) is 0 Å². The highest BCUT2D eigenvalue weighted by molar-refractivity contribution is 7.20. The summed E-state index contributed by atoms with van der Waals surface area (Å²) in [5.74, 6) is 0.377. The van der Waals surface area contributed by atoms with E-state index in [4.69, 9.17) is 14.6 Å². The van der Waals surface area contributed by atoms with E-state index < -0.39 is 5.97 Å². The standard InChI is InChI=1S/C13H14O4S/c1-3-4-17-10-5-8-6-12(13(14)15)18-11(8)7-9(10)16-2/h5-7H,3-4H2,1-2H3,(H,14,15). The average molecular weight is 266 g/mol. The molecule has 0 aliphatic rings. The second kappa shape index (κ2) is 5.27. The maximum atomic E-state index is 10.9. The summed E-state index contributed by atoms with van der Waals surface area (Å²) in [5, 5.41) is 9.84. The maximum absolute atomic E-state index is 10.9. The van der Waals surface area contributed by atoms with Crippen LogP contribution in [0.15, 0.2) is 18.2 Å². The molecule has 1 heterocycles. The Balaban J connectivity index is 2.47. The molecule has 0 saturated carbocycles. The van der Waals surface area contributed by atoms with Gasteiger partial charge in [-0.3, -0.25) is 0 Å². The first kappa shape index (κ1) is 12.7. The van der Waals surface area contributed by atoms with Gasteiger partial charge in [-0.25, -0.2) is 4.79 Å². The van der Waals surface area contributed by atoms with Crippen molar-refractivity contribution >= 4 is 27.4 Å². The number of benzene rings is 1. The van der Waals surface area contributed by atoms with Crippen LogP contribution in [-0.2, 0) is 0 Å². The van der Waals surface area contributed by atoms with Gasteiger partial charge in [0.2, 0.25) is 0 Å². The van der Waals surface area contributed by atoms with Gasteiger partial charge in [0.05, 0.1) is 13.7 Å². The summed E-state index contributed by atoms with van der Waals surface area (Å²) >= 11 is 1.23. The first-order valence-corrected chi connectivity index (χ1v) is 6.45. The van der Waals surface area contributed by atoms with Crippen LogP contribution in [0.3, 0.4) is 0 Å². The zero-order valence-electron chi connectivity index (χ0n) is 10.2. The second-order valence-corrected chi connectivity index (χ2v) is 4.89. The van der Waals surface area contributed by atoms with Gasteiger partial charge in [-0.05, 0) is 23.9 Å². The SMILES string of the molecule is CCCOc1cc2cc(C(=O)O)sc2cc1OC. The summed E-state index contributed by atoms with van der Waals surface area (Å²) in [6.07, 6.45) is 0.908. The minimum absolute atomic E-state index is 0.319. The van der Waals surface area contributed by atoms with Gasteiger partial charge >= 0.3 is 5.97 Å². The summed E-state index contributed by atoms with van der Waals surface area (Å²) < 4.78 is 11.7. The van der Waals surface area contributed by atoms with Crippen LogP contribution in [-0.4, -0.2) is 24.8 Å². The molecule has 0 fully saturated rings. The van der Waals surface area contributed by atoms with E-state index in [2.05, 4.69) is 0 Å². The number of fused-ring (bicyclic) bond motifs is 1. The van der Waals surface area contributed by atoms with Gasteiger partial charge in [0, 0.05) is 10.8 Å². The largest absolute Gasteiger partial charge is 0.493 e. The van der Waals surface area contributed by atoms with Crippen molar-refractivity contribution < 1.29 is 19.4 Å². The van der Waals surface area contributed by atoms with Crippen LogP contribution >= 0.6 is 11.3 Å². The van der Waals surface area contributed by atoms with Crippen LogP contribution in [0.2, 0.25) is 0 Å². The third-order valence-electron chi connectivity index (χ3n) is 2.48. The lowest BCUT2D eigenvalue weighted by Gasteiger charge is -2.09. The lowest BCUT2D eigenvalue weighted by Crippen LogP contribution is -1.97. The lowest BCUT2D eigenvalue weighted by atomic mass is 10.2. The first-order chi connectivity index (χ1) is 8.65. The molecule has 2 aromatic rings. The van der Waals surface area contributed by atoms with E-state index in [-0.39, 0.29) is 0 Å². The van der Waals surface area contributed by atoms with Crippen molar-refractivity contribution in [1.82, 2.24) is 0 Å². The Labute approximate surface area is 109 Å². The van der Waals surface area contributed by atoms with Gasteiger partial charge in [-0.2, -0.15) is 0 Å². The monoisotopic (exact) mass is 266 g/mol.